The Labute approximate surface area is 96.3 Å². The lowest BCUT2D eigenvalue weighted by Gasteiger charge is -2.18. The Kier molecular flexibility index (Phi) is 4.54. The molecular formula is C11H21N3S. The monoisotopic (exact) mass is 227 g/mol. The van der Waals surface area contributed by atoms with E-state index in [0.717, 1.165) is 30.3 Å². The molecule has 0 aliphatic heterocycles. The van der Waals surface area contributed by atoms with Crippen LogP contribution in [0.25, 0.3) is 0 Å². The number of nitrogens with zero attached hydrogens (tertiary/aromatic N) is 2. The molecule has 1 atom stereocenters. The molecule has 0 saturated heterocycles. The van der Waals surface area contributed by atoms with Gasteiger partial charge in [0, 0.05) is 24.0 Å². The van der Waals surface area contributed by atoms with Crippen molar-refractivity contribution in [2.75, 3.05) is 18.0 Å². The highest BCUT2D eigenvalue weighted by molar-refractivity contribution is 7.15. The molecule has 3 nitrogen and oxygen atoms in total. The fourth-order valence-corrected chi connectivity index (χ4v) is 2.72. The van der Waals surface area contributed by atoms with Crippen LogP contribution in [0.3, 0.4) is 0 Å². The van der Waals surface area contributed by atoms with Crippen molar-refractivity contribution in [3.63, 3.8) is 0 Å². The SMILES string of the molecule is CCCN(CC)c1nc(C)c(C(C)N)s1. The van der Waals surface area contributed by atoms with E-state index in [1.807, 2.05) is 13.8 Å². The van der Waals surface area contributed by atoms with Crippen LogP contribution < -0.4 is 10.6 Å². The molecule has 0 fully saturated rings. The molecule has 0 bridgehead atoms. The Balaban J connectivity index is 2.89. The summed E-state index contributed by atoms with van der Waals surface area (Å²) in [7, 11) is 0. The Hall–Kier alpha value is -0.610. The number of aromatic nitrogens is 1. The number of nitrogens with two attached hydrogens (primary N) is 1. The summed E-state index contributed by atoms with van der Waals surface area (Å²) in [5, 5.41) is 1.11. The summed E-state index contributed by atoms with van der Waals surface area (Å²) in [6.45, 7) is 10.5. The Morgan fingerprint density at radius 3 is 2.53 bits per heavy atom. The van der Waals surface area contributed by atoms with Gasteiger partial charge in [-0.05, 0) is 27.2 Å². The van der Waals surface area contributed by atoms with Gasteiger partial charge in [-0.2, -0.15) is 0 Å². The smallest absolute Gasteiger partial charge is 0.185 e. The minimum atomic E-state index is 0.0941. The second-order valence-electron chi connectivity index (χ2n) is 3.81. The zero-order chi connectivity index (χ0) is 11.4. The predicted molar refractivity (Wildman–Crippen MR) is 67.6 cm³/mol. The van der Waals surface area contributed by atoms with Crippen molar-refractivity contribution in [2.24, 2.45) is 5.73 Å². The van der Waals surface area contributed by atoms with Crippen molar-refractivity contribution in [3.05, 3.63) is 10.6 Å². The van der Waals surface area contributed by atoms with E-state index in [4.69, 9.17) is 5.73 Å². The topological polar surface area (TPSA) is 42.2 Å². The first kappa shape index (κ1) is 12.5. The molecule has 1 aromatic heterocycles. The molecule has 2 N–H and O–H groups in total. The number of hydrogen-bond acceptors (Lipinski definition) is 4. The maximum atomic E-state index is 5.90. The molecule has 0 amide bonds. The molecule has 86 valence electrons. The molecule has 4 heteroatoms. The van der Waals surface area contributed by atoms with Crippen LogP contribution in [-0.2, 0) is 0 Å². The van der Waals surface area contributed by atoms with E-state index >= 15 is 0 Å². The van der Waals surface area contributed by atoms with Gasteiger partial charge in [0.15, 0.2) is 5.13 Å². The Morgan fingerprint density at radius 2 is 2.13 bits per heavy atom. The third-order valence-electron chi connectivity index (χ3n) is 2.38. The fourth-order valence-electron chi connectivity index (χ4n) is 1.61. The lowest BCUT2D eigenvalue weighted by atomic mass is 10.2. The summed E-state index contributed by atoms with van der Waals surface area (Å²) >= 11 is 1.73. The van der Waals surface area contributed by atoms with Gasteiger partial charge in [-0.25, -0.2) is 4.98 Å². The first-order valence-corrected chi connectivity index (χ1v) is 6.39. The minimum Gasteiger partial charge on any atom is -0.348 e. The van der Waals surface area contributed by atoms with Crippen LogP contribution in [0.5, 0.6) is 0 Å². The van der Waals surface area contributed by atoms with Gasteiger partial charge in [-0.3, -0.25) is 0 Å². The number of anilines is 1. The van der Waals surface area contributed by atoms with E-state index in [-0.39, 0.29) is 6.04 Å². The number of rotatable bonds is 5. The van der Waals surface area contributed by atoms with E-state index in [2.05, 4.69) is 23.7 Å². The third-order valence-corrected chi connectivity index (χ3v) is 3.80. The second-order valence-corrected chi connectivity index (χ2v) is 4.82. The largest absolute Gasteiger partial charge is 0.348 e. The summed E-state index contributed by atoms with van der Waals surface area (Å²) in [5.41, 5.74) is 6.98. The summed E-state index contributed by atoms with van der Waals surface area (Å²) in [6.07, 6.45) is 1.15. The normalized spacial score (nSPS) is 12.9. The van der Waals surface area contributed by atoms with Gasteiger partial charge >= 0.3 is 0 Å². The van der Waals surface area contributed by atoms with Crippen LogP contribution in [0.4, 0.5) is 5.13 Å². The Bertz CT molecular complexity index is 307. The van der Waals surface area contributed by atoms with Crippen LogP contribution in [0.15, 0.2) is 0 Å². The van der Waals surface area contributed by atoms with Crippen molar-refractivity contribution in [1.82, 2.24) is 4.98 Å². The van der Waals surface area contributed by atoms with Gasteiger partial charge in [0.05, 0.1) is 5.69 Å². The van der Waals surface area contributed by atoms with Crippen LogP contribution in [-0.4, -0.2) is 18.1 Å². The van der Waals surface area contributed by atoms with Crippen LogP contribution in [0, 0.1) is 6.92 Å². The maximum Gasteiger partial charge on any atom is 0.185 e. The molecule has 1 aromatic rings. The average molecular weight is 227 g/mol. The maximum absolute atomic E-state index is 5.90. The fraction of sp³-hybridized carbons (Fsp3) is 0.727. The highest BCUT2D eigenvalue weighted by Crippen LogP contribution is 2.29. The van der Waals surface area contributed by atoms with E-state index in [9.17, 15) is 0 Å². The number of aryl methyl sites for hydroxylation is 1. The molecular weight excluding hydrogens is 206 g/mol. The van der Waals surface area contributed by atoms with E-state index in [1.165, 1.54) is 4.88 Å². The van der Waals surface area contributed by atoms with Crippen molar-refractivity contribution < 1.29 is 0 Å². The lowest BCUT2D eigenvalue weighted by molar-refractivity contribution is 0.785. The summed E-state index contributed by atoms with van der Waals surface area (Å²) < 4.78 is 0. The van der Waals surface area contributed by atoms with Crippen LogP contribution >= 0.6 is 11.3 Å². The molecule has 15 heavy (non-hydrogen) atoms. The molecule has 1 heterocycles. The average Bonchev–Trinajstić information content (AvgIpc) is 2.56. The van der Waals surface area contributed by atoms with Crippen LogP contribution in [0.1, 0.15) is 43.8 Å². The number of thiazole rings is 1. The molecule has 0 saturated carbocycles. The first-order chi connectivity index (χ1) is 7.10. The molecule has 1 unspecified atom stereocenters. The molecule has 0 aliphatic carbocycles. The van der Waals surface area contributed by atoms with Gasteiger partial charge in [0.25, 0.3) is 0 Å². The van der Waals surface area contributed by atoms with Crippen molar-refractivity contribution in [1.29, 1.82) is 0 Å². The molecule has 0 spiro atoms. The highest BCUT2D eigenvalue weighted by Gasteiger charge is 2.14. The van der Waals surface area contributed by atoms with Crippen molar-refractivity contribution in [2.45, 2.75) is 40.2 Å². The van der Waals surface area contributed by atoms with Gasteiger partial charge in [-0.15, -0.1) is 11.3 Å². The van der Waals surface area contributed by atoms with Gasteiger partial charge in [0.2, 0.25) is 0 Å². The van der Waals surface area contributed by atoms with Crippen molar-refractivity contribution in [3.8, 4) is 0 Å². The number of hydrogen-bond donors (Lipinski definition) is 1. The second kappa shape index (κ2) is 5.47. The predicted octanol–water partition coefficient (Wildman–Crippen LogP) is 2.71. The van der Waals surface area contributed by atoms with E-state index in [1.54, 1.807) is 11.3 Å². The van der Waals surface area contributed by atoms with E-state index < -0.39 is 0 Å². The first-order valence-electron chi connectivity index (χ1n) is 5.58. The van der Waals surface area contributed by atoms with Gasteiger partial charge in [0.1, 0.15) is 0 Å². The zero-order valence-electron chi connectivity index (χ0n) is 10.1. The summed E-state index contributed by atoms with van der Waals surface area (Å²) in [5.74, 6) is 0. The van der Waals surface area contributed by atoms with Gasteiger partial charge < -0.3 is 10.6 Å². The summed E-state index contributed by atoms with van der Waals surface area (Å²) in [6, 6.07) is 0.0941. The Morgan fingerprint density at radius 1 is 1.47 bits per heavy atom. The molecule has 0 radical (unpaired) electrons. The zero-order valence-corrected chi connectivity index (χ0v) is 10.9. The summed E-state index contributed by atoms with van der Waals surface area (Å²) in [4.78, 5) is 8.10. The quantitative estimate of drug-likeness (QED) is 0.841. The van der Waals surface area contributed by atoms with Crippen molar-refractivity contribution >= 4 is 16.5 Å². The lowest BCUT2D eigenvalue weighted by Crippen LogP contribution is -2.23. The third kappa shape index (κ3) is 2.92. The minimum absolute atomic E-state index is 0.0941. The molecule has 0 aromatic carbocycles. The van der Waals surface area contributed by atoms with Gasteiger partial charge in [-0.1, -0.05) is 6.92 Å². The highest BCUT2D eigenvalue weighted by atomic mass is 32.1. The van der Waals surface area contributed by atoms with E-state index in [0.29, 0.717) is 0 Å². The standard InChI is InChI=1S/C11H21N3S/c1-5-7-14(6-2)11-13-9(4)10(15-11)8(3)12/h8H,5-7,12H2,1-4H3. The van der Waals surface area contributed by atoms with Crippen LogP contribution in [0.2, 0.25) is 0 Å². The molecule has 0 aliphatic rings. The molecule has 1 rings (SSSR count).